The largest absolute Gasteiger partial charge is 0.373 e. The molecule has 4 aromatic carbocycles. The molecule has 0 unspecified atom stereocenters. The summed E-state index contributed by atoms with van der Waals surface area (Å²) in [6, 6.07) is 30.1. The van der Waals surface area contributed by atoms with Crippen LogP contribution in [-0.4, -0.2) is 89.8 Å². The van der Waals surface area contributed by atoms with Crippen LogP contribution in [0.25, 0.3) is 0 Å². The number of aliphatic imine (C=N–C) groups is 2. The highest BCUT2D eigenvalue weighted by Crippen LogP contribution is 2.48. The van der Waals surface area contributed by atoms with Crippen LogP contribution in [0.15, 0.2) is 107 Å². The number of nitrogens with one attached hydrogen (secondary N) is 1. The van der Waals surface area contributed by atoms with Crippen LogP contribution in [0.1, 0.15) is 136 Å². The predicted octanol–water partition coefficient (Wildman–Crippen LogP) is 10.4. The van der Waals surface area contributed by atoms with Gasteiger partial charge in [-0.15, -0.1) is 0 Å². The Morgan fingerprint density at radius 2 is 1.00 bits per heavy atom. The van der Waals surface area contributed by atoms with Gasteiger partial charge in [-0.1, -0.05) is 97.1 Å². The fraction of sp³-hybridized carbons (Fsp3) is 0.474. The molecule has 4 atom stereocenters. The predicted molar refractivity (Wildman–Crippen MR) is 269 cm³/mol. The highest BCUT2D eigenvalue weighted by molar-refractivity contribution is 5.96. The maximum Gasteiger partial charge on any atom is 0.249 e. The number of carbonyl (C=O) groups is 4. The normalized spacial score (nSPS) is 24.8. The molecule has 0 bridgehead atoms. The van der Waals surface area contributed by atoms with Crippen molar-refractivity contribution in [1.82, 2.24) is 15.1 Å². The van der Waals surface area contributed by atoms with Crippen LogP contribution in [0.4, 0.5) is 17.6 Å². The molecule has 4 aromatic rings. The van der Waals surface area contributed by atoms with Gasteiger partial charge in [-0.3, -0.25) is 39.0 Å². The summed E-state index contributed by atoms with van der Waals surface area (Å²) in [6.07, 6.45) is 6.93. The van der Waals surface area contributed by atoms with E-state index >= 15 is 0 Å². The second-order valence-corrected chi connectivity index (χ2v) is 20.2. The van der Waals surface area contributed by atoms with Gasteiger partial charge in [0.1, 0.15) is 51.4 Å². The number of carbonyl (C=O) groups excluding carboxylic acids is 4. The number of rotatable bonds is 20. The zero-order valence-electron chi connectivity index (χ0n) is 41.8. The van der Waals surface area contributed by atoms with Gasteiger partial charge in [-0.25, -0.2) is 17.6 Å². The van der Waals surface area contributed by atoms with E-state index in [4.69, 9.17) is 9.47 Å². The first-order valence-electron chi connectivity index (χ1n) is 24.8. The second-order valence-electron chi connectivity index (χ2n) is 20.2. The number of ketones is 2. The fourth-order valence-electron chi connectivity index (χ4n) is 11.1. The first-order valence-corrected chi connectivity index (χ1v) is 24.8. The fourth-order valence-corrected chi connectivity index (χ4v) is 11.1. The quantitative estimate of drug-likeness (QED) is 0.0873. The summed E-state index contributed by atoms with van der Waals surface area (Å²) in [5, 5.41) is 3.64. The van der Waals surface area contributed by atoms with E-state index in [1.165, 1.54) is 6.07 Å². The van der Waals surface area contributed by atoms with Gasteiger partial charge in [-0.2, -0.15) is 0 Å². The lowest BCUT2D eigenvalue weighted by molar-refractivity contribution is -0.134. The summed E-state index contributed by atoms with van der Waals surface area (Å²) in [4.78, 5) is 61.1. The molecule has 1 saturated carbocycles. The smallest absolute Gasteiger partial charge is 0.249 e. The van der Waals surface area contributed by atoms with Gasteiger partial charge in [0.25, 0.3) is 0 Å². The van der Waals surface area contributed by atoms with Crippen molar-refractivity contribution in [2.75, 3.05) is 32.8 Å². The van der Waals surface area contributed by atoms with Crippen LogP contribution >= 0.6 is 0 Å². The lowest BCUT2D eigenvalue weighted by Crippen LogP contribution is -2.65. The SMILES string of the molecule is CC(=O)CC1(N2C=NCC2=O)CCC(CO[C@H](C)c2cc(CF)cc(CF)c2)(c2ccccc2)CC1.CC(=O)C[C@]1(N2C=NCC2=O)CC[C@@](CO[C@H](C)c2cc(CF)cc(CF)c2)(c2ccccc2)NC1. The average molecular weight is 994 g/mol. The van der Waals surface area contributed by atoms with Gasteiger partial charge < -0.3 is 14.8 Å². The number of ether oxygens (including phenoxy) is 2. The Morgan fingerprint density at radius 1 is 0.583 bits per heavy atom. The monoisotopic (exact) mass is 994 g/mol. The van der Waals surface area contributed by atoms with Crippen LogP contribution in [0, 0.1) is 0 Å². The Morgan fingerprint density at radius 3 is 1.40 bits per heavy atom. The molecule has 0 spiro atoms. The molecular weight excluding hydrogens is 927 g/mol. The summed E-state index contributed by atoms with van der Waals surface area (Å²) in [5.74, 6) is -0.105. The van der Waals surface area contributed by atoms with Crippen molar-refractivity contribution >= 4 is 36.1 Å². The van der Waals surface area contributed by atoms with E-state index in [9.17, 15) is 36.7 Å². The number of piperidine rings is 1. The van der Waals surface area contributed by atoms with Crippen molar-refractivity contribution in [2.45, 2.75) is 140 Å². The van der Waals surface area contributed by atoms with Crippen LogP contribution < -0.4 is 5.32 Å². The Labute approximate surface area is 420 Å². The zero-order chi connectivity index (χ0) is 51.5. The number of alkyl halides is 4. The summed E-state index contributed by atoms with van der Waals surface area (Å²) in [7, 11) is 0. The lowest BCUT2D eigenvalue weighted by atomic mass is 9.63. The minimum absolute atomic E-state index is 0.0124. The molecule has 2 amide bonds. The standard InChI is InChI=1S/C29H34F2N2O3.C28H33F2N3O3/c1-21(34)15-29(33-20-32-18-27(33)35)10-8-28(9-11-29,26-6-4-3-5-7-26)19-36-22(2)25-13-23(16-30)12-24(14-25)17-31;1-20(34)13-27(33-19-31-16-26(33)35)8-9-28(32-17-27,25-6-4-3-5-7-25)18-36-21(2)24-11-22(14-29)10-23(12-24)15-30/h3-7,12-14,20,22H,8-11,15-19H2,1-2H3;3-7,10-12,19,21,32H,8-9,13-18H2,1-2H3/t22-,28?,29?;21-,27-,28-/m11/s1. The van der Waals surface area contributed by atoms with E-state index in [1.807, 2.05) is 62.4 Å². The van der Waals surface area contributed by atoms with Gasteiger partial charge in [0.2, 0.25) is 11.8 Å². The van der Waals surface area contributed by atoms with E-state index in [0.29, 0.717) is 74.1 Å². The molecular formula is C57H67F4N5O6. The number of Topliss-reactive ketones (excluding diaryl/α,β-unsaturated/α-hetero) is 2. The lowest BCUT2D eigenvalue weighted by Gasteiger charge is -2.50. The van der Waals surface area contributed by atoms with Crippen LogP contribution in [0.5, 0.6) is 0 Å². The van der Waals surface area contributed by atoms with Crippen molar-refractivity contribution in [1.29, 1.82) is 0 Å². The number of hydrogen-bond acceptors (Lipinski definition) is 9. The van der Waals surface area contributed by atoms with Crippen molar-refractivity contribution in [3.05, 3.63) is 142 Å². The van der Waals surface area contributed by atoms with Crippen LogP contribution in [-0.2, 0) is 66.3 Å². The second kappa shape index (κ2) is 23.8. The molecule has 3 heterocycles. The molecule has 0 radical (unpaired) electrons. The molecule has 2 fully saturated rings. The molecule has 1 N–H and O–H groups in total. The first kappa shape index (κ1) is 53.9. The molecule has 0 aromatic heterocycles. The molecule has 11 nitrogen and oxygen atoms in total. The number of amides is 2. The third-order valence-corrected chi connectivity index (χ3v) is 15.1. The maximum absolute atomic E-state index is 13.3. The minimum Gasteiger partial charge on any atom is -0.373 e. The third kappa shape index (κ3) is 12.3. The Kier molecular flexibility index (Phi) is 17.8. The molecule has 3 aliphatic heterocycles. The first-order chi connectivity index (χ1) is 34.6. The summed E-state index contributed by atoms with van der Waals surface area (Å²) < 4.78 is 66.1. The van der Waals surface area contributed by atoms with E-state index in [1.54, 1.807) is 66.7 Å². The van der Waals surface area contributed by atoms with E-state index in [2.05, 4.69) is 27.4 Å². The Bertz CT molecular complexity index is 2360. The van der Waals surface area contributed by atoms with Crippen LogP contribution in [0.3, 0.4) is 0 Å². The highest BCUT2D eigenvalue weighted by atomic mass is 19.1. The van der Waals surface area contributed by atoms with Gasteiger partial charge in [0.05, 0.1) is 54.7 Å². The molecule has 4 aliphatic rings. The number of halogens is 4. The zero-order valence-corrected chi connectivity index (χ0v) is 41.8. The van der Waals surface area contributed by atoms with Gasteiger partial charge >= 0.3 is 0 Å². The molecule has 15 heteroatoms. The molecule has 1 saturated heterocycles. The highest BCUT2D eigenvalue weighted by Gasteiger charge is 2.51. The Balaban J connectivity index is 0.000000211. The van der Waals surface area contributed by atoms with E-state index in [0.717, 1.165) is 35.1 Å². The van der Waals surface area contributed by atoms with Crippen molar-refractivity contribution in [2.24, 2.45) is 9.98 Å². The summed E-state index contributed by atoms with van der Waals surface area (Å²) in [6.45, 7) is 5.60. The molecule has 72 heavy (non-hydrogen) atoms. The maximum atomic E-state index is 13.3. The van der Waals surface area contributed by atoms with E-state index in [-0.39, 0.29) is 60.5 Å². The van der Waals surface area contributed by atoms with Crippen molar-refractivity contribution in [3.63, 3.8) is 0 Å². The Hall–Kier alpha value is -5.90. The van der Waals surface area contributed by atoms with Crippen LogP contribution in [0.2, 0.25) is 0 Å². The summed E-state index contributed by atoms with van der Waals surface area (Å²) >= 11 is 0. The molecule has 1 aliphatic carbocycles. The van der Waals surface area contributed by atoms with E-state index < -0.39 is 43.3 Å². The topological polar surface area (TPSA) is 130 Å². The van der Waals surface area contributed by atoms with Crippen molar-refractivity contribution < 1.29 is 46.2 Å². The number of nitrogens with zero attached hydrogens (tertiary/aromatic N) is 4. The molecule has 8 rings (SSSR count). The average Bonchev–Trinajstić information content (AvgIpc) is 4.06. The van der Waals surface area contributed by atoms with Crippen molar-refractivity contribution in [3.8, 4) is 0 Å². The van der Waals surface area contributed by atoms with Gasteiger partial charge in [0.15, 0.2) is 0 Å². The number of hydrogen-bond donors (Lipinski definition) is 1. The number of benzene rings is 4. The third-order valence-electron chi connectivity index (χ3n) is 15.1. The minimum atomic E-state index is -0.682. The van der Waals surface area contributed by atoms with Gasteiger partial charge in [-0.05, 0) is 111 Å². The van der Waals surface area contributed by atoms with Gasteiger partial charge in [0, 0.05) is 24.8 Å². The molecule has 384 valence electrons. The summed E-state index contributed by atoms with van der Waals surface area (Å²) in [5.41, 5.74) is 3.28.